The zero-order valence-electron chi connectivity index (χ0n) is 13.1. The molecule has 2 aromatic rings. The van der Waals surface area contributed by atoms with Crippen LogP contribution >= 0.6 is 0 Å². The molecule has 0 saturated carbocycles. The van der Waals surface area contributed by atoms with Crippen LogP contribution in [0.1, 0.15) is 36.1 Å². The van der Waals surface area contributed by atoms with Crippen LogP contribution in [0.5, 0.6) is 0 Å². The molecule has 22 heavy (non-hydrogen) atoms. The number of nitro benzene ring substituents is 1. The summed E-state index contributed by atoms with van der Waals surface area (Å²) < 4.78 is 0. The van der Waals surface area contributed by atoms with Crippen molar-refractivity contribution in [2.45, 2.75) is 39.5 Å². The van der Waals surface area contributed by atoms with Gasteiger partial charge in [0.25, 0.3) is 5.69 Å². The quantitative estimate of drug-likeness (QED) is 0.490. The van der Waals surface area contributed by atoms with Crippen LogP contribution in [-0.4, -0.2) is 4.92 Å². The molecule has 0 atom stereocenters. The molecule has 0 spiro atoms. The van der Waals surface area contributed by atoms with Crippen molar-refractivity contribution in [1.82, 2.24) is 0 Å². The van der Waals surface area contributed by atoms with E-state index in [1.54, 1.807) is 6.07 Å². The van der Waals surface area contributed by atoms with E-state index in [2.05, 4.69) is 12.1 Å². The molecule has 0 aliphatic heterocycles. The number of nitrogens with zero attached hydrogens (tertiary/aromatic N) is 1. The van der Waals surface area contributed by atoms with Gasteiger partial charge in [-0.05, 0) is 48.4 Å². The molecule has 4 aliphatic rings. The molecule has 0 saturated heterocycles. The van der Waals surface area contributed by atoms with Crippen LogP contribution in [0, 0.1) is 10.1 Å². The lowest BCUT2D eigenvalue weighted by atomic mass is 9.95. The van der Waals surface area contributed by atoms with Crippen molar-refractivity contribution >= 4 is 11.4 Å². The van der Waals surface area contributed by atoms with Crippen molar-refractivity contribution < 1.29 is 4.92 Å². The minimum absolute atomic E-state index is 0.241. The van der Waals surface area contributed by atoms with E-state index >= 15 is 0 Å². The first-order valence-corrected chi connectivity index (χ1v) is 7.77. The number of nitrogen functional groups attached to an aromatic ring is 1. The first-order chi connectivity index (χ1) is 10.6. The van der Waals surface area contributed by atoms with Gasteiger partial charge in [-0.25, -0.2) is 0 Å². The van der Waals surface area contributed by atoms with Crippen molar-refractivity contribution in [2.24, 2.45) is 0 Å². The maximum Gasteiger partial charge on any atom is 0.272 e. The van der Waals surface area contributed by atoms with Crippen LogP contribution in [0.15, 0.2) is 36.4 Å². The second kappa shape index (κ2) is 7.07. The van der Waals surface area contributed by atoms with E-state index in [4.69, 9.17) is 5.73 Å². The summed E-state index contributed by atoms with van der Waals surface area (Å²) in [4.78, 5) is 10.9. The molecule has 0 heterocycles. The number of rotatable bonds is 1. The molecule has 4 bridgehead atoms. The Labute approximate surface area is 131 Å². The monoisotopic (exact) mass is 298 g/mol. The van der Waals surface area contributed by atoms with Gasteiger partial charge in [0.2, 0.25) is 0 Å². The van der Waals surface area contributed by atoms with Crippen molar-refractivity contribution in [3.8, 4) is 0 Å². The summed E-state index contributed by atoms with van der Waals surface area (Å²) in [5.41, 5.74) is 11.2. The van der Waals surface area contributed by atoms with Crippen LogP contribution in [0.2, 0.25) is 0 Å². The molecule has 6 rings (SSSR count). The lowest BCUT2D eigenvalue weighted by Crippen LogP contribution is -2.04. The van der Waals surface area contributed by atoms with E-state index in [-0.39, 0.29) is 10.6 Å². The minimum Gasteiger partial charge on any atom is -0.398 e. The van der Waals surface area contributed by atoms with Gasteiger partial charge in [-0.1, -0.05) is 38.1 Å². The van der Waals surface area contributed by atoms with Crippen LogP contribution in [-0.2, 0) is 25.7 Å². The molecule has 0 unspecified atom stereocenters. The normalized spacial score (nSPS) is 12.8. The third kappa shape index (κ3) is 3.45. The van der Waals surface area contributed by atoms with Gasteiger partial charge in [-0.2, -0.15) is 0 Å². The van der Waals surface area contributed by atoms with Crippen molar-refractivity contribution in [2.75, 3.05) is 5.73 Å². The summed E-state index contributed by atoms with van der Waals surface area (Å²) in [6.07, 6.45) is 3.01. The molecule has 0 fully saturated rings. The molecule has 0 radical (unpaired) electrons. The maximum atomic E-state index is 11.2. The Morgan fingerprint density at radius 3 is 2.05 bits per heavy atom. The van der Waals surface area contributed by atoms with Gasteiger partial charge in [0.1, 0.15) is 0 Å². The minimum atomic E-state index is -0.277. The molecular weight excluding hydrogens is 276 g/mol. The number of aryl methyl sites for hydroxylation is 4. The average Bonchev–Trinajstić information content (AvgIpc) is 2.52. The smallest absolute Gasteiger partial charge is 0.272 e. The number of nitrogens with two attached hydrogens (primary N) is 1. The molecule has 4 nitrogen and oxygen atoms in total. The number of nitro groups is 1. The third-order valence-corrected chi connectivity index (χ3v) is 3.92. The Morgan fingerprint density at radius 2 is 1.45 bits per heavy atom. The summed E-state index contributed by atoms with van der Waals surface area (Å²) >= 11 is 0. The lowest BCUT2D eigenvalue weighted by Gasteiger charge is -2.12. The molecule has 4 heteroatoms. The standard InChI is InChI=1S/C16H16N2O2.C2H6/c17-15-9-11-1-5-13(15)6-2-12-4-8-14(7-3-11)16(10-12)18(19)20;1-2/h1,4-5,8-10H,2-3,6-7,17H2;1-2H3. The largest absolute Gasteiger partial charge is 0.398 e. The van der Waals surface area contributed by atoms with Crippen molar-refractivity contribution in [1.29, 1.82) is 0 Å². The zero-order valence-corrected chi connectivity index (χ0v) is 13.1. The van der Waals surface area contributed by atoms with Gasteiger partial charge in [0, 0.05) is 17.3 Å². The van der Waals surface area contributed by atoms with Gasteiger partial charge in [-0.3, -0.25) is 10.1 Å². The highest BCUT2D eigenvalue weighted by molar-refractivity contribution is 5.51. The fourth-order valence-corrected chi connectivity index (χ4v) is 2.73. The lowest BCUT2D eigenvalue weighted by molar-refractivity contribution is -0.385. The molecule has 116 valence electrons. The highest BCUT2D eigenvalue weighted by Crippen LogP contribution is 2.26. The van der Waals surface area contributed by atoms with Gasteiger partial charge in [-0.15, -0.1) is 0 Å². The molecular formula is C18H22N2O2. The Balaban J connectivity index is 0.000000847. The fraction of sp³-hybridized carbons (Fsp3) is 0.333. The van der Waals surface area contributed by atoms with E-state index in [0.717, 1.165) is 47.2 Å². The van der Waals surface area contributed by atoms with Gasteiger partial charge < -0.3 is 5.73 Å². The molecule has 0 amide bonds. The summed E-state index contributed by atoms with van der Waals surface area (Å²) in [5.74, 6) is 0. The number of hydrogen-bond donors (Lipinski definition) is 1. The van der Waals surface area contributed by atoms with E-state index in [9.17, 15) is 10.1 Å². The Hall–Kier alpha value is -2.36. The molecule has 2 aromatic carbocycles. The van der Waals surface area contributed by atoms with Crippen LogP contribution < -0.4 is 5.73 Å². The third-order valence-electron chi connectivity index (χ3n) is 3.92. The van der Waals surface area contributed by atoms with E-state index in [0.29, 0.717) is 6.42 Å². The Kier molecular flexibility index (Phi) is 5.15. The SMILES string of the molecule is CC.Nc1cc2ccc1CCc1ccc(c([N+](=O)[O-])c1)CC2. The van der Waals surface area contributed by atoms with E-state index < -0.39 is 0 Å². The first-order valence-electron chi connectivity index (χ1n) is 7.77. The highest BCUT2D eigenvalue weighted by atomic mass is 16.6. The second-order valence-electron chi connectivity index (χ2n) is 5.25. The Bertz CT molecular complexity index is 681. The fourth-order valence-electron chi connectivity index (χ4n) is 2.73. The first kappa shape index (κ1) is 16.0. The average molecular weight is 298 g/mol. The summed E-state index contributed by atoms with van der Waals surface area (Å²) in [7, 11) is 0. The summed E-state index contributed by atoms with van der Waals surface area (Å²) in [6.45, 7) is 4.00. The Morgan fingerprint density at radius 1 is 0.909 bits per heavy atom. The van der Waals surface area contributed by atoms with Gasteiger partial charge in [0.15, 0.2) is 0 Å². The predicted octanol–water partition coefficient (Wildman–Crippen LogP) is 4.09. The molecule has 2 N–H and O–H groups in total. The van der Waals surface area contributed by atoms with Crippen molar-refractivity contribution in [3.63, 3.8) is 0 Å². The zero-order chi connectivity index (χ0) is 16.1. The summed E-state index contributed by atoms with van der Waals surface area (Å²) in [6, 6.07) is 11.7. The second-order valence-corrected chi connectivity index (χ2v) is 5.25. The van der Waals surface area contributed by atoms with Crippen molar-refractivity contribution in [3.05, 3.63) is 68.8 Å². The predicted molar refractivity (Wildman–Crippen MR) is 90.1 cm³/mol. The number of anilines is 1. The van der Waals surface area contributed by atoms with Crippen LogP contribution in [0.3, 0.4) is 0 Å². The van der Waals surface area contributed by atoms with Crippen LogP contribution in [0.25, 0.3) is 0 Å². The highest BCUT2D eigenvalue weighted by Gasteiger charge is 2.16. The topological polar surface area (TPSA) is 69.2 Å². The van der Waals surface area contributed by atoms with E-state index in [1.807, 2.05) is 32.0 Å². The van der Waals surface area contributed by atoms with Gasteiger partial charge >= 0.3 is 0 Å². The number of benzene rings is 2. The number of hydrogen-bond acceptors (Lipinski definition) is 3. The molecule has 4 aliphatic carbocycles. The molecule has 0 aromatic heterocycles. The van der Waals surface area contributed by atoms with Gasteiger partial charge in [0.05, 0.1) is 4.92 Å². The van der Waals surface area contributed by atoms with E-state index in [1.165, 1.54) is 0 Å². The summed E-state index contributed by atoms with van der Waals surface area (Å²) in [5, 5.41) is 11.2. The maximum absolute atomic E-state index is 11.2. The van der Waals surface area contributed by atoms with Crippen LogP contribution in [0.4, 0.5) is 11.4 Å².